The van der Waals surface area contributed by atoms with Crippen LogP contribution in [0.3, 0.4) is 0 Å². The molecule has 0 saturated heterocycles. The third kappa shape index (κ3) is 3.25. The fourth-order valence-corrected chi connectivity index (χ4v) is 2.16. The summed E-state index contributed by atoms with van der Waals surface area (Å²) in [7, 11) is 0. The molecule has 104 valence electrons. The molecule has 0 saturated carbocycles. The summed E-state index contributed by atoms with van der Waals surface area (Å²) >= 11 is 3.08. The van der Waals surface area contributed by atoms with E-state index < -0.39 is 5.82 Å². The molecule has 0 heterocycles. The summed E-state index contributed by atoms with van der Waals surface area (Å²) < 4.78 is 19.7. The number of hydrogen-bond acceptors (Lipinski definition) is 2. The zero-order valence-corrected chi connectivity index (χ0v) is 12.8. The summed E-state index contributed by atoms with van der Waals surface area (Å²) in [6, 6.07) is 11.4. The van der Waals surface area contributed by atoms with Crippen LogP contribution in [-0.4, -0.2) is 11.9 Å². The standard InChI is InChI=1S/C16H14BrFO2/c1-10(2)20-12-8-6-11(7-9-12)16(19)13-4-3-5-14(17)15(13)18/h3-10H,1-2H3. The maximum Gasteiger partial charge on any atom is 0.196 e. The van der Waals surface area contributed by atoms with Crippen molar-refractivity contribution in [1.29, 1.82) is 0 Å². The van der Waals surface area contributed by atoms with Crippen LogP contribution in [0, 0.1) is 5.82 Å². The lowest BCUT2D eigenvalue weighted by atomic mass is 10.0. The van der Waals surface area contributed by atoms with Gasteiger partial charge >= 0.3 is 0 Å². The number of carbonyl (C=O) groups excluding carboxylic acids is 1. The molecule has 0 aromatic heterocycles. The molecule has 0 atom stereocenters. The molecule has 0 aliphatic heterocycles. The Bertz CT molecular complexity index is 621. The number of ketones is 1. The zero-order valence-electron chi connectivity index (χ0n) is 11.2. The first-order valence-electron chi connectivity index (χ1n) is 6.24. The largest absolute Gasteiger partial charge is 0.491 e. The molecule has 20 heavy (non-hydrogen) atoms. The van der Waals surface area contributed by atoms with Gasteiger partial charge in [-0.1, -0.05) is 6.07 Å². The summed E-state index contributed by atoms with van der Waals surface area (Å²) in [5, 5.41) is 0. The van der Waals surface area contributed by atoms with Gasteiger partial charge < -0.3 is 4.74 Å². The van der Waals surface area contributed by atoms with E-state index >= 15 is 0 Å². The minimum Gasteiger partial charge on any atom is -0.491 e. The number of carbonyl (C=O) groups is 1. The fraction of sp³-hybridized carbons (Fsp3) is 0.188. The Balaban J connectivity index is 2.27. The molecule has 4 heteroatoms. The van der Waals surface area contributed by atoms with E-state index in [1.807, 2.05) is 13.8 Å². The quantitative estimate of drug-likeness (QED) is 0.762. The van der Waals surface area contributed by atoms with E-state index in [0.717, 1.165) is 0 Å². The molecule has 2 aromatic rings. The van der Waals surface area contributed by atoms with Crippen molar-refractivity contribution in [2.24, 2.45) is 0 Å². The van der Waals surface area contributed by atoms with Crippen molar-refractivity contribution >= 4 is 21.7 Å². The molecular weight excluding hydrogens is 323 g/mol. The van der Waals surface area contributed by atoms with Gasteiger partial charge in [-0.3, -0.25) is 4.79 Å². The normalized spacial score (nSPS) is 10.7. The molecule has 0 radical (unpaired) electrons. The predicted octanol–water partition coefficient (Wildman–Crippen LogP) is 4.61. The molecule has 0 amide bonds. The SMILES string of the molecule is CC(C)Oc1ccc(C(=O)c2cccc(Br)c2F)cc1. The van der Waals surface area contributed by atoms with Gasteiger partial charge in [0.1, 0.15) is 11.6 Å². The van der Waals surface area contributed by atoms with E-state index in [1.54, 1.807) is 36.4 Å². The second-order valence-electron chi connectivity index (χ2n) is 4.62. The molecule has 0 fully saturated rings. The highest BCUT2D eigenvalue weighted by molar-refractivity contribution is 9.10. The van der Waals surface area contributed by atoms with Crippen LogP contribution in [0.5, 0.6) is 5.75 Å². The van der Waals surface area contributed by atoms with E-state index in [2.05, 4.69) is 15.9 Å². The van der Waals surface area contributed by atoms with Crippen LogP contribution in [-0.2, 0) is 0 Å². The van der Waals surface area contributed by atoms with Crippen LogP contribution in [0.1, 0.15) is 29.8 Å². The second kappa shape index (κ2) is 6.18. The third-order valence-corrected chi connectivity index (χ3v) is 3.30. The summed E-state index contributed by atoms with van der Waals surface area (Å²) in [4.78, 5) is 12.3. The van der Waals surface area contributed by atoms with Crippen LogP contribution in [0.4, 0.5) is 4.39 Å². The van der Waals surface area contributed by atoms with E-state index in [9.17, 15) is 9.18 Å². The number of hydrogen-bond donors (Lipinski definition) is 0. The number of benzene rings is 2. The van der Waals surface area contributed by atoms with Gasteiger partial charge in [-0.2, -0.15) is 0 Å². The molecule has 0 N–H and O–H groups in total. The van der Waals surface area contributed by atoms with Crippen molar-refractivity contribution < 1.29 is 13.9 Å². The van der Waals surface area contributed by atoms with Crippen molar-refractivity contribution in [3.05, 3.63) is 63.9 Å². The van der Waals surface area contributed by atoms with Crippen molar-refractivity contribution in [3.8, 4) is 5.75 Å². The first-order valence-corrected chi connectivity index (χ1v) is 7.03. The lowest BCUT2D eigenvalue weighted by Gasteiger charge is -2.10. The molecule has 0 bridgehead atoms. The van der Waals surface area contributed by atoms with Gasteiger partial charge in [0.2, 0.25) is 0 Å². The van der Waals surface area contributed by atoms with Crippen LogP contribution in [0.2, 0.25) is 0 Å². The van der Waals surface area contributed by atoms with Crippen molar-refractivity contribution in [3.63, 3.8) is 0 Å². The van der Waals surface area contributed by atoms with Gasteiger partial charge in [0.15, 0.2) is 5.78 Å². The maximum absolute atomic E-state index is 13.9. The van der Waals surface area contributed by atoms with Gasteiger partial charge in [-0.25, -0.2) is 4.39 Å². The summed E-state index contributed by atoms with van der Waals surface area (Å²) in [6.45, 7) is 3.85. The highest BCUT2D eigenvalue weighted by Crippen LogP contribution is 2.22. The van der Waals surface area contributed by atoms with Gasteiger partial charge in [0.05, 0.1) is 16.1 Å². The highest BCUT2D eigenvalue weighted by Gasteiger charge is 2.15. The predicted molar refractivity (Wildman–Crippen MR) is 79.7 cm³/mol. The second-order valence-corrected chi connectivity index (χ2v) is 5.48. The Morgan fingerprint density at radius 2 is 1.80 bits per heavy atom. The lowest BCUT2D eigenvalue weighted by molar-refractivity contribution is 0.103. The van der Waals surface area contributed by atoms with Crippen molar-refractivity contribution in [2.45, 2.75) is 20.0 Å². The third-order valence-electron chi connectivity index (χ3n) is 2.68. The Morgan fingerprint density at radius 3 is 2.40 bits per heavy atom. The first kappa shape index (κ1) is 14.7. The van der Waals surface area contributed by atoms with Crippen LogP contribution >= 0.6 is 15.9 Å². The molecule has 0 unspecified atom stereocenters. The average molecular weight is 337 g/mol. The lowest BCUT2D eigenvalue weighted by Crippen LogP contribution is -2.07. The van der Waals surface area contributed by atoms with Crippen molar-refractivity contribution in [1.82, 2.24) is 0 Å². The maximum atomic E-state index is 13.9. The number of halogens is 2. The summed E-state index contributed by atoms with van der Waals surface area (Å²) in [5.74, 6) is -0.203. The fourth-order valence-electron chi connectivity index (χ4n) is 1.79. The number of ether oxygens (including phenoxy) is 1. The summed E-state index contributed by atoms with van der Waals surface area (Å²) in [5.41, 5.74) is 0.481. The molecule has 0 aliphatic carbocycles. The summed E-state index contributed by atoms with van der Waals surface area (Å²) in [6.07, 6.45) is 0.0686. The molecule has 2 nitrogen and oxygen atoms in total. The van der Waals surface area contributed by atoms with E-state index in [4.69, 9.17) is 4.74 Å². The minimum absolute atomic E-state index is 0.0527. The van der Waals surface area contributed by atoms with Gasteiger partial charge in [-0.05, 0) is 66.2 Å². The van der Waals surface area contributed by atoms with Crippen molar-refractivity contribution in [2.75, 3.05) is 0 Å². The minimum atomic E-state index is -0.542. The van der Waals surface area contributed by atoms with Gasteiger partial charge in [-0.15, -0.1) is 0 Å². The van der Waals surface area contributed by atoms with Crippen LogP contribution in [0.25, 0.3) is 0 Å². The Labute approximate surface area is 125 Å². The molecule has 2 aromatic carbocycles. The Hall–Kier alpha value is -1.68. The molecular formula is C16H14BrFO2. The Morgan fingerprint density at radius 1 is 1.15 bits per heavy atom. The van der Waals surface area contributed by atoms with Crippen LogP contribution in [0.15, 0.2) is 46.9 Å². The zero-order chi connectivity index (χ0) is 14.7. The monoisotopic (exact) mass is 336 g/mol. The number of rotatable bonds is 4. The van der Waals surface area contributed by atoms with Crippen LogP contribution < -0.4 is 4.74 Å². The topological polar surface area (TPSA) is 26.3 Å². The molecule has 0 spiro atoms. The Kier molecular flexibility index (Phi) is 4.55. The molecule has 2 rings (SSSR count). The van der Waals surface area contributed by atoms with Gasteiger partial charge in [0.25, 0.3) is 0 Å². The van der Waals surface area contributed by atoms with E-state index in [-0.39, 0.29) is 21.9 Å². The smallest absolute Gasteiger partial charge is 0.196 e. The van der Waals surface area contributed by atoms with E-state index in [1.165, 1.54) is 6.07 Å². The molecule has 0 aliphatic rings. The van der Waals surface area contributed by atoms with Gasteiger partial charge in [0, 0.05) is 5.56 Å². The average Bonchev–Trinajstić information content (AvgIpc) is 2.41. The first-order chi connectivity index (χ1) is 9.49. The van der Waals surface area contributed by atoms with E-state index in [0.29, 0.717) is 11.3 Å². The highest BCUT2D eigenvalue weighted by atomic mass is 79.9.